The summed E-state index contributed by atoms with van der Waals surface area (Å²) in [5, 5.41) is 0.277. The predicted molar refractivity (Wildman–Crippen MR) is 104 cm³/mol. The van der Waals surface area contributed by atoms with Gasteiger partial charge in [-0.25, -0.2) is 9.37 Å². The number of carbonyl (C=O) groups excluding carboxylic acids is 1. The molecule has 0 bridgehead atoms. The topological polar surface area (TPSA) is 55.2 Å². The number of carbonyl (C=O) groups is 1. The Labute approximate surface area is 161 Å². The molecule has 134 valence electrons. The van der Waals surface area contributed by atoms with E-state index in [9.17, 15) is 14.0 Å². The second-order valence-electron chi connectivity index (χ2n) is 5.61. The van der Waals surface area contributed by atoms with Crippen LogP contribution in [0.4, 0.5) is 4.39 Å². The Kier molecular flexibility index (Phi) is 5.63. The molecule has 0 fully saturated rings. The fraction of sp³-hybridized carbons (Fsp3) is 0.167. The van der Waals surface area contributed by atoms with Gasteiger partial charge in [-0.1, -0.05) is 6.08 Å². The van der Waals surface area contributed by atoms with Crippen molar-refractivity contribution in [1.29, 1.82) is 0 Å². The van der Waals surface area contributed by atoms with Gasteiger partial charge in [0.2, 0.25) is 5.91 Å². The zero-order chi connectivity index (χ0) is 18.7. The summed E-state index contributed by atoms with van der Waals surface area (Å²) >= 11 is 4.95. The maximum atomic E-state index is 13.3. The lowest BCUT2D eigenvalue weighted by Crippen LogP contribution is -2.36. The maximum absolute atomic E-state index is 13.3. The number of rotatable bonds is 6. The van der Waals surface area contributed by atoms with Gasteiger partial charge < -0.3 is 4.90 Å². The fourth-order valence-electron chi connectivity index (χ4n) is 2.53. The molecular formula is C18H15BrFN3O2S. The molecule has 5 nitrogen and oxygen atoms in total. The molecule has 2 heterocycles. The van der Waals surface area contributed by atoms with Crippen LogP contribution in [0.5, 0.6) is 0 Å². The van der Waals surface area contributed by atoms with E-state index in [0.29, 0.717) is 13.1 Å². The van der Waals surface area contributed by atoms with Crippen LogP contribution in [0.15, 0.2) is 57.9 Å². The number of hydrogen-bond donors (Lipinski definition) is 0. The van der Waals surface area contributed by atoms with Crippen LogP contribution in [0.25, 0.3) is 10.9 Å². The molecule has 8 heteroatoms. The first-order valence-electron chi connectivity index (χ1n) is 7.75. The van der Waals surface area contributed by atoms with Gasteiger partial charge in [0, 0.05) is 17.5 Å². The Bertz CT molecular complexity index is 1030. The molecule has 1 amide bonds. The molecule has 2 aromatic heterocycles. The molecule has 0 aliphatic rings. The molecule has 0 N–H and O–H groups in total. The van der Waals surface area contributed by atoms with Gasteiger partial charge >= 0.3 is 0 Å². The predicted octanol–water partition coefficient (Wildman–Crippen LogP) is 3.57. The lowest BCUT2D eigenvalue weighted by atomic mass is 10.2. The zero-order valence-corrected chi connectivity index (χ0v) is 16.1. The summed E-state index contributed by atoms with van der Waals surface area (Å²) in [7, 11) is 0. The molecule has 0 spiro atoms. The highest BCUT2D eigenvalue weighted by atomic mass is 79.9. The molecule has 0 atom stereocenters. The van der Waals surface area contributed by atoms with E-state index in [1.165, 1.54) is 29.1 Å². The Hall–Kier alpha value is -2.32. The van der Waals surface area contributed by atoms with Crippen molar-refractivity contribution in [1.82, 2.24) is 14.5 Å². The van der Waals surface area contributed by atoms with Gasteiger partial charge in [-0.15, -0.1) is 17.9 Å². The van der Waals surface area contributed by atoms with Crippen molar-refractivity contribution < 1.29 is 9.18 Å². The zero-order valence-electron chi connectivity index (χ0n) is 13.7. The summed E-state index contributed by atoms with van der Waals surface area (Å²) in [6, 6.07) is 7.65. The van der Waals surface area contributed by atoms with Gasteiger partial charge in [-0.05, 0) is 40.2 Å². The van der Waals surface area contributed by atoms with Crippen LogP contribution in [0.1, 0.15) is 4.88 Å². The number of benzene rings is 1. The molecule has 0 radical (unpaired) electrons. The average molecular weight is 436 g/mol. The smallest absolute Gasteiger partial charge is 0.261 e. The molecule has 0 unspecified atom stereocenters. The van der Waals surface area contributed by atoms with Crippen LogP contribution in [0, 0.1) is 5.82 Å². The summed E-state index contributed by atoms with van der Waals surface area (Å²) in [5.74, 6) is -0.683. The van der Waals surface area contributed by atoms with Crippen LogP contribution in [-0.2, 0) is 17.9 Å². The van der Waals surface area contributed by atoms with E-state index in [2.05, 4.69) is 27.5 Å². The largest absolute Gasteiger partial charge is 0.332 e. The summed E-state index contributed by atoms with van der Waals surface area (Å²) in [6.07, 6.45) is 2.92. The Balaban J connectivity index is 1.83. The van der Waals surface area contributed by atoms with E-state index < -0.39 is 5.82 Å². The van der Waals surface area contributed by atoms with E-state index >= 15 is 0 Å². The van der Waals surface area contributed by atoms with Gasteiger partial charge in [-0.2, -0.15) is 0 Å². The second kappa shape index (κ2) is 7.92. The van der Waals surface area contributed by atoms with Crippen LogP contribution in [0.3, 0.4) is 0 Å². The van der Waals surface area contributed by atoms with Gasteiger partial charge in [0.1, 0.15) is 12.4 Å². The number of thiophene rings is 1. The number of fused-ring (bicyclic) bond motifs is 1. The first-order chi connectivity index (χ1) is 12.5. The highest BCUT2D eigenvalue weighted by Gasteiger charge is 2.16. The molecule has 0 saturated carbocycles. The van der Waals surface area contributed by atoms with Crippen molar-refractivity contribution in [2.75, 3.05) is 6.54 Å². The summed E-state index contributed by atoms with van der Waals surface area (Å²) in [4.78, 5) is 31.9. The van der Waals surface area contributed by atoms with Gasteiger partial charge in [0.15, 0.2) is 0 Å². The van der Waals surface area contributed by atoms with Gasteiger partial charge in [0.05, 0.1) is 27.6 Å². The third-order valence-corrected chi connectivity index (χ3v) is 5.38. The van der Waals surface area contributed by atoms with Crippen molar-refractivity contribution in [3.63, 3.8) is 0 Å². The lowest BCUT2D eigenvalue weighted by Gasteiger charge is -2.21. The van der Waals surface area contributed by atoms with Crippen LogP contribution in [0.2, 0.25) is 0 Å². The van der Waals surface area contributed by atoms with Crippen molar-refractivity contribution in [3.8, 4) is 0 Å². The van der Waals surface area contributed by atoms with Crippen molar-refractivity contribution in [2.45, 2.75) is 13.1 Å². The number of hydrogen-bond acceptors (Lipinski definition) is 4. The van der Waals surface area contributed by atoms with Gasteiger partial charge in [0.25, 0.3) is 5.56 Å². The highest BCUT2D eigenvalue weighted by molar-refractivity contribution is 9.11. The minimum absolute atomic E-state index is 0.139. The van der Waals surface area contributed by atoms with E-state index in [0.717, 1.165) is 8.66 Å². The number of halogens is 2. The van der Waals surface area contributed by atoms with E-state index in [4.69, 9.17) is 0 Å². The number of amides is 1. The third-order valence-electron chi connectivity index (χ3n) is 3.77. The molecule has 0 aliphatic carbocycles. The monoisotopic (exact) mass is 435 g/mol. The quantitative estimate of drug-likeness (QED) is 0.556. The molecule has 26 heavy (non-hydrogen) atoms. The highest BCUT2D eigenvalue weighted by Crippen LogP contribution is 2.23. The van der Waals surface area contributed by atoms with Crippen LogP contribution >= 0.6 is 27.3 Å². The van der Waals surface area contributed by atoms with Crippen LogP contribution in [-0.4, -0.2) is 26.9 Å². The van der Waals surface area contributed by atoms with Crippen molar-refractivity contribution in [3.05, 3.63) is 74.1 Å². The molecule has 3 rings (SSSR count). The lowest BCUT2D eigenvalue weighted by molar-refractivity contribution is -0.131. The second-order valence-corrected chi connectivity index (χ2v) is 8.16. The Morgan fingerprint density at radius 2 is 2.19 bits per heavy atom. The maximum Gasteiger partial charge on any atom is 0.261 e. The van der Waals surface area contributed by atoms with Crippen LogP contribution < -0.4 is 5.56 Å². The molecular weight excluding hydrogens is 421 g/mol. The molecule has 0 aliphatic heterocycles. The van der Waals surface area contributed by atoms with E-state index in [1.807, 2.05) is 12.1 Å². The summed E-state index contributed by atoms with van der Waals surface area (Å²) in [6.45, 7) is 4.35. The average Bonchev–Trinajstić information content (AvgIpc) is 3.02. The fourth-order valence-corrected chi connectivity index (χ4v) is 4.02. The summed E-state index contributed by atoms with van der Waals surface area (Å²) in [5.41, 5.74) is -0.106. The molecule has 1 aromatic carbocycles. The first kappa shape index (κ1) is 18.5. The standard InChI is InChI=1S/C18H15BrFN3O2S/c1-2-7-22(9-13-4-6-16(19)26-13)17(24)10-23-11-21-15-8-12(20)3-5-14(15)18(23)25/h2-6,8,11H,1,7,9-10H2. The number of nitrogens with zero attached hydrogens (tertiary/aromatic N) is 3. The number of aromatic nitrogens is 2. The minimum atomic E-state index is -0.461. The minimum Gasteiger partial charge on any atom is -0.332 e. The normalized spacial score (nSPS) is 10.8. The van der Waals surface area contributed by atoms with E-state index in [-0.39, 0.29) is 28.9 Å². The third kappa shape index (κ3) is 4.08. The van der Waals surface area contributed by atoms with Crippen molar-refractivity contribution >= 4 is 44.1 Å². The SMILES string of the molecule is C=CCN(Cc1ccc(Br)s1)C(=O)Cn1cnc2cc(F)ccc2c1=O. The molecule has 3 aromatic rings. The first-order valence-corrected chi connectivity index (χ1v) is 9.36. The Morgan fingerprint density at radius 3 is 2.88 bits per heavy atom. The van der Waals surface area contributed by atoms with Crippen molar-refractivity contribution in [2.24, 2.45) is 0 Å². The van der Waals surface area contributed by atoms with E-state index in [1.54, 1.807) is 22.3 Å². The summed E-state index contributed by atoms with van der Waals surface area (Å²) < 4.78 is 15.5. The van der Waals surface area contributed by atoms with Gasteiger partial charge in [-0.3, -0.25) is 14.2 Å². The Morgan fingerprint density at radius 1 is 1.38 bits per heavy atom. The molecule has 0 saturated heterocycles.